The van der Waals surface area contributed by atoms with E-state index in [0.717, 1.165) is 24.5 Å². The Hall–Kier alpha value is -3.14. The lowest BCUT2D eigenvalue weighted by Crippen LogP contribution is -2.33. The molecule has 2 aromatic rings. The van der Waals surface area contributed by atoms with Gasteiger partial charge in [0.05, 0.1) is 6.54 Å². The number of benzene rings is 1. The van der Waals surface area contributed by atoms with Crippen molar-refractivity contribution in [3.63, 3.8) is 0 Å². The number of hydrogen-bond donors (Lipinski definition) is 1. The van der Waals surface area contributed by atoms with Crippen LogP contribution in [0.1, 0.15) is 5.56 Å². The highest BCUT2D eigenvalue weighted by atomic mass is 32.2. The summed E-state index contributed by atoms with van der Waals surface area (Å²) in [5.41, 5.74) is 0.654. The van der Waals surface area contributed by atoms with E-state index in [4.69, 9.17) is 4.74 Å². The number of allylic oxidation sites excluding steroid dienone is 1. The topological polar surface area (TPSA) is 88.8 Å². The van der Waals surface area contributed by atoms with Gasteiger partial charge in [0.25, 0.3) is 0 Å². The molecule has 3 rings (SSSR count). The van der Waals surface area contributed by atoms with Crippen molar-refractivity contribution in [3.05, 3.63) is 81.8 Å². The standard InChI is InChI=1S/C19H18F2N2O5S/c1-22-9-12(3-6-18(22)24)14-10-23(11-29(2,26)27)19(25)8-17(14)28-16-5-4-13(20)7-15(16)21/h3-9,25H,10-11H2,1-2H3. The number of rotatable bonds is 5. The summed E-state index contributed by atoms with van der Waals surface area (Å²) in [7, 11) is -1.92. The third-order valence-corrected chi connectivity index (χ3v) is 4.95. The average molecular weight is 424 g/mol. The second-order valence-electron chi connectivity index (χ2n) is 6.64. The zero-order valence-electron chi connectivity index (χ0n) is 15.6. The first kappa shape index (κ1) is 20.6. The second kappa shape index (κ2) is 7.70. The van der Waals surface area contributed by atoms with Crippen LogP contribution >= 0.6 is 0 Å². The Balaban J connectivity index is 2.09. The van der Waals surface area contributed by atoms with Crippen molar-refractivity contribution in [2.75, 3.05) is 18.7 Å². The van der Waals surface area contributed by atoms with Gasteiger partial charge in [-0.25, -0.2) is 17.2 Å². The van der Waals surface area contributed by atoms with Gasteiger partial charge in [-0.15, -0.1) is 0 Å². The minimum Gasteiger partial charge on any atom is -0.495 e. The van der Waals surface area contributed by atoms with Gasteiger partial charge in [0, 0.05) is 43.3 Å². The summed E-state index contributed by atoms with van der Waals surface area (Å²) >= 11 is 0. The number of aromatic nitrogens is 1. The van der Waals surface area contributed by atoms with Crippen LogP contribution in [0.2, 0.25) is 0 Å². The summed E-state index contributed by atoms with van der Waals surface area (Å²) in [5.74, 6) is -2.79. The third kappa shape index (κ3) is 4.83. The van der Waals surface area contributed by atoms with Crippen LogP contribution in [0.4, 0.5) is 8.78 Å². The van der Waals surface area contributed by atoms with Gasteiger partial charge in [0.15, 0.2) is 27.3 Å². The molecule has 29 heavy (non-hydrogen) atoms. The SMILES string of the molecule is Cn1cc(C2=C(Oc3ccc(F)cc3F)C=C(O)N(CS(C)(=O)=O)C2)ccc1=O. The minimum absolute atomic E-state index is 0.0383. The number of aliphatic hydroxyl groups is 1. The van der Waals surface area contributed by atoms with E-state index in [2.05, 4.69) is 0 Å². The monoisotopic (exact) mass is 424 g/mol. The van der Waals surface area contributed by atoms with Crippen LogP contribution in [0.3, 0.4) is 0 Å². The van der Waals surface area contributed by atoms with Crippen LogP contribution in [0, 0.1) is 11.6 Å². The molecule has 0 amide bonds. The second-order valence-corrected chi connectivity index (χ2v) is 8.75. The quantitative estimate of drug-likeness (QED) is 0.792. The molecule has 154 valence electrons. The van der Waals surface area contributed by atoms with Crippen molar-refractivity contribution in [3.8, 4) is 5.75 Å². The van der Waals surface area contributed by atoms with Gasteiger partial charge in [-0.3, -0.25) is 4.79 Å². The molecule has 0 radical (unpaired) electrons. The van der Waals surface area contributed by atoms with Crippen molar-refractivity contribution in [1.29, 1.82) is 0 Å². The Labute approximate surface area is 165 Å². The summed E-state index contributed by atoms with van der Waals surface area (Å²) in [4.78, 5) is 12.9. The van der Waals surface area contributed by atoms with Gasteiger partial charge in [0.2, 0.25) is 5.56 Å². The van der Waals surface area contributed by atoms with E-state index in [1.165, 1.54) is 34.8 Å². The Morgan fingerprint density at radius 1 is 1.21 bits per heavy atom. The molecule has 0 bridgehead atoms. The molecule has 0 spiro atoms. The highest BCUT2D eigenvalue weighted by molar-refractivity contribution is 7.90. The number of sulfone groups is 1. The van der Waals surface area contributed by atoms with E-state index < -0.39 is 27.3 Å². The smallest absolute Gasteiger partial charge is 0.250 e. The van der Waals surface area contributed by atoms with E-state index in [-0.39, 0.29) is 29.5 Å². The molecule has 1 aromatic heterocycles. The maximum Gasteiger partial charge on any atom is 0.250 e. The number of halogens is 2. The highest BCUT2D eigenvalue weighted by Gasteiger charge is 2.26. The first-order valence-corrected chi connectivity index (χ1v) is 10.5. The molecule has 1 aromatic carbocycles. The van der Waals surface area contributed by atoms with E-state index in [1.54, 1.807) is 0 Å². The van der Waals surface area contributed by atoms with Crippen LogP contribution in [0.15, 0.2) is 59.0 Å². The first-order chi connectivity index (χ1) is 13.5. The number of aliphatic hydroxyl groups excluding tert-OH is 1. The molecule has 10 heteroatoms. The molecule has 0 atom stereocenters. The van der Waals surface area contributed by atoms with Crippen LogP contribution in [-0.2, 0) is 16.9 Å². The van der Waals surface area contributed by atoms with E-state index in [1.807, 2.05) is 0 Å². The highest BCUT2D eigenvalue weighted by Crippen LogP contribution is 2.30. The molecule has 2 heterocycles. The van der Waals surface area contributed by atoms with Crippen LogP contribution in [0.25, 0.3) is 5.57 Å². The maximum absolute atomic E-state index is 14.0. The van der Waals surface area contributed by atoms with E-state index in [0.29, 0.717) is 17.2 Å². The van der Waals surface area contributed by atoms with Crippen molar-refractivity contribution in [2.24, 2.45) is 7.05 Å². The third-order valence-electron chi connectivity index (χ3n) is 4.17. The average Bonchev–Trinajstić information content (AvgIpc) is 2.61. The van der Waals surface area contributed by atoms with E-state index in [9.17, 15) is 27.1 Å². The summed E-state index contributed by atoms with van der Waals surface area (Å²) in [6, 6.07) is 5.61. The van der Waals surface area contributed by atoms with Crippen molar-refractivity contribution in [2.45, 2.75) is 0 Å². The molecule has 0 unspecified atom stereocenters. The van der Waals surface area contributed by atoms with Gasteiger partial charge >= 0.3 is 0 Å². The Morgan fingerprint density at radius 3 is 2.55 bits per heavy atom. The minimum atomic E-state index is -3.46. The van der Waals surface area contributed by atoms with Crippen LogP contribution in [-0.4, -0.2) is 41.7 Å². The van der Waals surface area contributed by atoms with Gasteiger partial charge < -0.3 is 19.3 Å². The number of nitrogens with zero attached hydrogens (tertiary/aromatic N) is 2. The van der Waals surface area contributed by atoms with Gasteiger partial charge in [-0.2, -0.15) is 0 Å². The zero-order chi connectivity index (χ0) is 21.3. The molecule has 1 aliphatic heterocycles. The summed E-state index contributed by atoms with van der Waals surface area (Å²) in [6.07, 6.45) is 3.69. The van der Waals surface area contributed by atoms with Crippen molar-refractivity contribution < 1.29 is 27.0 Å². The fourth-order valence-corrected chi connectivity index (χ4v) is 3.60. The predicted molar refractivity (Wildman–Crippen MR) is 103 cm³/mol. The molecule has 0 fully saturated rings. The molecular weight excluding hydrogens is 406 g/mol. The van der Waals surface area contributed by atoms with Gasteiger partial charge in [-0.05, 0) is 23.8 Å². The molecule has 1 aliphatic rings. The lowest BCUT2D eigenvalue weighted by Gasteiger charge is -2.29. The fourth-order valence-electron chi connectivity index (χ4n) is 2.81. The molecule has 7 nitrogen and oxygen atoms in total. The van der Waals surface area contributed by atoms with Gasteiger partial charge in [0.1, 0.15) is 17.5 Å². The lowest BCUT2D eigenvalue weighted by atomic mass is 10.0. The summed E-state index contributed by atoms with van der Waals surface area (Å²) < 4.78 is 57.4. The Bertz CT molecular complexity index is 1190. The number of pyridine rings is 1. The molecular formula is C19H18F2N2O5S. The predicted octanol–water partition coefficient (Wildman–Crippen LogP) is 2.17. The largest absolute Gasteiger partial charge is 0.495 e. The summed E-state index contributed by atoms with van der Waals surface area (Å²) in [6.45, 7) is -0.0776. The zero-order valence-corrected chi connectivity index (χ0v) is 16.4. The number of hydrogen-bond acceptors (Lipinski definition) is 6. The number of aryl methyl sites for hydroxylation is 1. The van der Waals surface area contributed by atoms with E-state index >= 15 is 0 Å². The number of ether oxygens (including phenoxy) is 1. The lowest BCUT2D eigenvalue weighted by molar-refractivity contribution is 0.230. The van der Waals surface area contributed by atoms with Crippen LogP contribution in [0.5, 0.6) is 5.75 Å². The molecule has 0 aliphatic carbocycles. The Kier molecular flexibility index (Phi) is 5.47. The summed E-state index contributed by atoms with van der Waals surface area (Å²) in [5, 5.41) is 10.3. The fraction of sp³-hybridized carbons (Fsp3) is 0.211. The molecule has 1 N–H and O–H groups in total. The Morgan fingerprint density at radius 2 is 1.93 bits per heavy atom. The normalized spacial score (nSPS) is 14.8. The molecule has 0 saturated heterocycles. The van der Waals surface area contributed by atoms with Crippen LogP contribution < -0.4 is 10.3 Å². The maximum atomic E-state index is 14.0. The first-order valence-electron chi connectivity index (χ1n) is 8.40. The van der Waals surface area contributed by atoms with Gasteiger partial charge in [-0.1, -0.05) is 0 Å². The van der Waals surface area contributed by atoms with Crippen molar-refractivity contribution >= 4 is 15.4 Å². The van der Waals surface area contributed by atoms with Crippen molar-refractivity contribution in [1.82, 2.24) is 9.47 Å². The molecule has 0 saturated carbocycles.